The Balaban J connectivity index is 1.41. The van der Waals surface area contributed by atoms with Crippen LogP contribution >= 0.6 is 0 Å². The molecule has 0 spiro atoms. The van der Waals surface area contributed by atoms with Gasteiger partial charge in [-0.1, -0.05) is 36.6 Å². The molecule has 5 atom stereocenters. The molecular weight excluding hydrogens is 362 g/mol. The van der Waals surface area contributed by atoms with Crippen LogP contribution in [0.4, 0.5) is 5.69 Å². The molecule has 0 radical (unpaired) electrons. The van der Waals surface area contributed by atoms with Crippen molar-refractivity contribution in [1.29, 1.82) is 0 Å². The van der Waals surface area contributed by atoms with E-state index in [1.54, 1.807) is 11.1 Å². The van der Waals surface area contributed by atoms with Gasteiger partial charge in [-0.2, -0.15) is 0 Å². The van der Waals surface area contributed by atoms with Crippen molar-refractivity contribution in [2.45, 2.75) is 71.1 Å². The second-order valence-electron chi connectivity index (χ2n) is 10.6. The average Bonchev–Trinajstić information content (AvgIpc) is 3.10. The number of allylic oxidation sites excluding steroid dienone is 4. The molecule has 5 rings (SSSR count). The van der Waals surface area contributed by atoms with Crippen molar-refractivity contribution in [1.82, 2.24) is 0 Å². The highest BCUT2D eigenvalue weighted by Gasteiger charge is 2.53. The first kappa shape index (κ1) is 20.0. The van der Waals surface area contributed by atoms with E-state index in [4.69, 9.17) is 0 Å². The molecule has 30 heavy (non-hydrogen) atoms. The van der Waals surface area contributed by atoms with E-state index in [9.17, 15) is 0 Å². The molecule has 1 aromatic rings. The maximum Gasteiger partial charge on any atom is 0.0361 e. The molecule has 1 heteroatoms. The minimum Gasteiger partial charge on any atom is -0.378 e. The molecular formula is C29H37N. The van der Waals surface area contributed by atoms with E-state index < -0.39 is 0 Å². The van der Waals surface area contributed by atoms with Crippen molar-refractivity contribution < 1.29 is 0 Å². The van der Waals surface area contributed by atoms with Gasteiger partial charge in [-0.3, -0.25) is 0 Å². The van der Waals surface area contributed by atoms with Gasteiger partial charge in [0.15, 0.2) is 0 Å². The molecule has 0 heterocycles. The molecule has 0 aliphatic heterocycles. The Labute approximate surface area is 183 Å². The van der Waals surface area contributed by atoms with Crippen molar-refractivity contribution in [3.8, 4) is 11.8 Å². The molecule has 1 nitrogen and oxygen atoms in total. The lowest BCUT2D eigenvalue weighted by Crippen LogP contribution is -2.39. The summed E-state index contributed by atoms with van der Waals surface area (Å²) in [6, 6.07) is 9.24. The van der Waals surface area contributed by atoms with Crippen LogP contribution in [0.2, 0.25) is 0 Å². The van der Waals surface area contributed by atoms with E-state index in [1.807, 2.05) is 12.5 Å². The Morgan fingerprint density at radius 3 is 2.50 bits per heavy atom. The lowest BCUT2D eigenvalue weighted by atomic mass is 9.56. The normalized spacial score (nSPS) is 34.9. The number of benzene rings is 1. The lowest BCUT2D eigenvalue weighted by Gasteiger charge is -2.48. The predicted molar refractivity (Wildman–Crippen MR) is 128 cm³/mol. The first-order valence-electron chi connectivity index (χ1n) is 12.1. The zero-order valence-electron chi connectivity index (χ0n) is 19.3. The van der Waals surface area contributed by atoms with Crippen molar-refractivity contribution in [2.24, 2.45) is 23.2 Å². The van der Waals surface area contributed by atoms with Gasteiger partial charge in [-0.25, -0.2) is 0 Å². The summed E-state index contributed by atoms with van der Waals surface area (Å²) in [4.78, 5) is 2.18. The van der Waals surface area contributed by atoms with Crippen LogP contribution in [-0.2, 0) is 0 Å². The van der Waals surface area contributed by atoms with E-state index in [2.05, 4.69) is 68.1 Å². The van der Waals surface area contributed by atoms with Crippen LogP contribution in [0.5, 0.6) is 0 Å². The topological polar surface area (TPSA) is 3.24 Å². The van der Waals surface area contributed by atoms with Crippen LogP contribution in [0.3, 0.4) is 0 Å². The van der Waals surface area contributed by atoms with Crippen LogP contribution in [0.15, 0.2) is 47.1 Å². The third-order valence-electron chi connectivity index (χ3n) is 9.04. The molecule has 4 aliphatic carbocycles. The Kier molecular flexibility index (Phi) is 5.09. The van der Waals surface area contributed by atoms with Crippen molar-refractivity contribution in [2.75, 3.05) is 19.0 Å². The summed E-state index contributed by atoms with van der Waals surface area (Å²) in [5, 5.41) is 0. The SMILES string of the molecule is CC#CC1CC[C@H]2[C@@H]3CCC4=CC(c5ccc(N(C)C)cc5)CCC4=C3CC[C@]12C. The number of fused-ring (bicyclic) bond motifs is 4. The Hall–Kier alpha value is -1.94. The molecule has 2 unspecified atom stereocenters. The van der Waals surface area contributed by atoms with Crippen LogP contribution in [0.1, 0.15) is 76.7 Å². The third-order valence-corrected chi connectivity index (χ3v) is 9.04. The quantitative estimate of drug-likeness (QED) is 0.479. The van der Waals surface area contributed by atoms with E-state index in [0.717, 1.165) is 11.8 Å². The van der Waals surface area contributed by atoms with Gasteiger partial charge >= 0.3 is 0 Å². The highest BCUT2D eigenvalue weighted by molar-refractivity contribution is 5.49. The maximum atomic E-state index is 3.59. The van der Waals surface area contributed by atoms with Gasteiger partial charge < -0.3 is 4.90 Å². The van der Waals surface area contributed by atoms with Gasteiger partial charge in [-0.15, -0.1) is 5.92 Å². The number of rotatable bonds is 2. The van der Waals surface area contributed by atoms with Gasteiger partial charge in [0, 0.05) is 31.6 Å². The van der Waals surface area contributed by atoms with Gasteiger partial charge in [-0.05, 0) is 104 Å². The standard InChI is InChI=1S/C29H37N/c1-5-6-23-11-16-28-27-15-10-22-19-21(20-7-12-24(13-8-20)30(3)4)9-14-25(22)26(27)17-18-29(23,28)2/h7-8,12-13,19,21,23,27-28H,9-11,14-18H2,1-4H3/t21?,23?,27-,28+,29-/m1/s1. The zero-order valence-corrected chi connectivity index (χ0v) is 19.3. The zero-order chi connectivity index (χ0) is 20.9. The first-order valence-corrected chi connectivity index (χ1v) is 12.1. The number of hydrogen-bond donors (Lipinski definition) is 0. The summed E-state index contributed by atoms with van der Waals surface area (Å²) < 4.78 is 0. The summed E-state index contributed by atoms with van der Waals surface area (Å²) in [7, 11) is 4.23. The van der Waals surface area contributed by atoms with Gasteiger partial charge in [0.05, 0.1) is 0 Å². The lowest BCUT2D eigenvalue weighted by molar-refractivity contribution is 0.0956. The Bertz CT molecular complexity index is 935. The monoisotopic (exact) mass is 399 g/mol. The molecule has 2 fully saturated rings. The fourth-order valence-corrected chi connectivity index (χ4v) is 7.36. The fraction of sp³-hybridized carbons (Fsp3) is 0.586. The molecule has 1 aromatic carbocycles. The third kappa shape index (κ3) is 3.15. The summed E-state index contributed by atoms with van der Waals surface area (Å²) in [5.74, 6) is 9.78. The van der Waals surface area contributed by atoms with E-state index in [1.165, 1.54) is 62.6 Å². The number of anilines is 1. The van der Waals surface area contributed by atoms with Crippen molar-refractivity contribution in [3.63, 3.8) is 0 Å². The largest absolute Gasteiger partial charge is 0.378 e. The minimum atomic E-state index is 0.463. The highest BCUT2D eigenvalue weighted by Crippen LogP contribution is 2.62. The molecule has 4 aliphatic rings. The van der Waals surface area contributed by atoms with Crippen molar-refractivity contribution >= 4 is 5.69 Å². The number of hydrogen-bond acceptors (Lipinski definition) is 1. The van der Waals surface area contributed by atoms with E-state index in [-0.39, 0.29) is 0 Å². The second kappa shape index (κ2) is 7.64. The molecule has 0 saturated heterocycles. The summed E-state index contributed by atoms with van der Waals surface area (Å²) in [5.41, 5.74) is 8.58. The van der Waals surface area contributed by atoms with E-state index in [0.29, 0.717) is 17.3 Å². The Morgan fingerprint density at radius 1 is 0.967 bits per heavy atom. The van der Waals surface area contributed by atoms with Crippen LogP contribution in [-0.4, -0.2) is 14.1 Å². The average molecular weight is 400 g/mol. The molecule has 0 amide bonds. The van der Waals surface area contributed by atoms with Crippen LogP contribution in [0, 0.1) is 35.0 Å². The maximum absolute atomic E-state index is 3.59. The van der Waals surface area contributed by atoms with Crippen LogP contribution < -0.4 is 4.90 Å². The first-order chi connectivity index (χ1) is 14.5. The molecule has 158 valence electrons. The molecule has 0 N–H and O–H groups in total. The predicted octanol–water partition coefficient (Wildman–Crippen LogP) is 7.11. The van der Waals surface area contributed by atoms with Gasteiger partial charge in [0.1, 0.15) is 0 Å². The van der Waals surface area contributed by atoms with Gasteiger partial charge in [0.25, 0.3) is 0 Å². The fourth-order valence-electron chi connectivity index (χ4n) is 7.36. The highest BCUT2D eigenvalue weighted by atomic mass is 15.1. The Morgan fingerprint density at radius 2 is 1.77 bits per heavy atom. The number of nitrogens with zero attached hydrogens (tertiary/aromatic N) is 1. The summed E-state index contributed by atoms with van der Waals surface area (Å²) >= 11 is 0. The summed E-state index contributed by atoms with van der Waals surface area (Å²) in [6.07, 6.45) is 13.3. The summed E-state index contributed by atoms with van der Waals surface area (Å²) in [6.45, 7) is 4.60. The smallest absolute Gasteiger partial charge is 0.0361 e. The molecule has 0 bridgehead atoms. The molecule has 2 saturated carbocycles. The second-order valence-corrected chi connectivity index (χ2v) is 10.6. The molecule has 0 aromatic heterocycles. The van der Waals surface area contributed by atoms with Crippen molar-refractivity contribution in [3.05, 3.63) is 52.6 Å². The van der Waals surface area contributed by atoms with Crippen LogP contribution in [0.25, 0.3) is 0 Å². The van der Waals surface area contributed by atoms with Gasteiger partial charge in [0.2, 0.25) is 0 Å². The minimum absolute atomic E-state index is 0.463. The van der Waals surface area contributed by atoms with E-state index >= 15 is 0 Å².